The van der Waals surface area contributed by atoms with Gasteiger partial charge < -0.3 is 14.8 Å². The summed E-state index contributed by atoms with van der Waals surface area (Å²) in [6.07, 6.45) is 7.14. The van der Waals surface area contributed by atoms with Crippen LogP contribution in [0.15, 0.2) is 30.6 Å². The van der Waals surface area contributed by atoms with Crippen LogP contribution in [0.25, 0.3) is 5.65 Å². The van der Waals surface area contributed by atoms with Gasteiger partial charge in [0.25, 0.3) is 0 Å². The van der Waals surface area contributed by atoms with Crippen molar-refractivity contribution in [1.29, 1.82) is 0 Å². The summed E-state index contributed by atoms with van der Waals surface area (Å²) in [4.78, 5) is 4.51. The maximum atomic E-state index is 8.65. The van der Waals surface area contributed by atoms with Gasteiger partial charge in [0.2, 0.25) is 0 Å². The van der Waals surface area contributed by atoms with Crippen LogP contribution in [-0.4, -0.2) is 27.6 Å². The molecule has 2 heterocycles. The normalized spacial score (nSPS) is 11.1. The second-order valence-electron chi connectivity index (χ2n) is 4.16. The Hall–Kier alpha value is -1.39. The Morgan fingerprint density at radius 1 is 1.24 bits per heavy atom. The molecule has 0 aliphatic rings. The van der Waals surface area contributed by atoms with E-state index in [2.05, 4.69) is 16.5 Å². The van der Waals surface area contributed by atoms with Gasteiger partial charge in [0, 0.05) is 25.5 Å². The third kappa shape index (κ3) is 3.54. The number of fused-ring (bicyclic) bond motifs is 1. The van der Waals surface area contributed by atoms with Crippen LogP contribution in [0.1, 0.15) is 25.0 Å². The van der Waals surface area contributed by atoms with E-state index in [0.717, 1.165) is 43.7 Å². The SMILES string of the molecule is OCCCCCNCc1cn2ccccc2n1. The highest BCUT2D eigenvalue weighted by Crippen LogP contribution is 2.04. The molecule has 0 bridgehead atoms. The van der Waals surface area contributed by atoms with Crippen molar-refractivity contribution in [2.24, 2.45) is 0 Å². The first-order valence-electron chi connectivity index (χ1n) is 6.14. The molecule has 0 aliphatic heterocycles. The first-order chi connectivity index (χ1) is 8.40. The van der Waals surface area contributed by atoms with Gasteiger partial charge in [0.15, 0.2) is 0 Å². The van der Waals surface area contributed by atoms with Crippen molar-refractivity contribution >= 4 is 5.65 Å². The molecule has 0 atom stereocenters. The maximum absolute atomic E-state index is 8.65. The van der Waals surface area contributed by atoms with E-state index >= 15 is 0 Å². The number of rotatable bonds is 7. The fraction of sp³-hybridized carbons (Fsp3) is 0.462. The third-order valence-electron chi connectivity index (χ3n) is 2.73. The van der Waals surface area contributed by atoms with Crippen molar-refractivity contribution in [3.63, 3.8) is 0 Å². The molecule has 2 aromatic rings. The minimum absolute atomic E-state index is 0.298. The number of unbranched alkanes of at least 4 members (excludes halogenated alkanes) is 2. The first kappa shape index (κ1) is 12.1. The Kier molecular flexibility index (Phi) is 4.53. The minimum atomic E-state index is 0.298. The van der Waals surface area contributed by atoms with Crippen molar-refractivity contribution < 1.29 is 5.11 Å². The lowest BCUT2D eigenvalue weighted by Crippen LogP contribution is -2.14. The molecule has 92 valence electrons. The van der Waals surface area contributed by atoms with Crippen molar-refractivity contribution in [3.05, 3.63) is 36.3 Å². The molecule has 0 spiro atoms. The molecule has 17 heavy (non-hydrogen) atoms. The summed E-state index contributed by atoms with van der Waals surface area (Å²) < 4.78 is 2.03. The summed E-state index contributed by atoms with van der Waals surface area (Å²) in [5.41, 5.74) is 2.06. The van der Waals surface area contributed by atoms with E-state index in [1.807, 2.05) is 28.8 Å². The summed E-state index contributed by atoms with van der Waals surface area (Å²) >= 11 is 0. The Labute approximate surface area is 101 Å². The highest BCUT2D eigenvalue weighted by Gasteiger charge is 1.99. The average Bonchev–Trinajstić information content (AvgIpc) is 2.76. The number of aliphatic hydroxyl groups is 1. The van der Waals surface area contributed by atoms with Gasteiger partial charge in [0.05, 0.1) is 5.69 Å². The predicted octanol–water partition coefficient (Wildman–Crippen LogP) is 1.59. The number of hydrogen-bond donors (Lipinski definition) is 2. The van der Waals surface area contributed by atoms with E-state index in [-0.39, 0.29) is 0 Å². The zero-order valence-corrected chi connectivity index (χ0v) is 9.97. The Bertz CT molecular complexity index is 420. The summed E-state index contributed by atoms with van der Waals surface area (Å²) in [6.45, 7) is 2.08. The Morgan fingerprint density at radius 3 is 3.00 bits per heavy atom. The van der Waals surface area contributed by atoms with E-state index in [1.54, 1.807) is 0 Å². The summed E-state index contributed by atoms with van der Waals surface area (Å²) in [5, 5.41) is 12.0. The zero-order chi connectivity index (χ0) is 11.9. The molecule has 0 saturated heterocycles. The molecule has 4 nitrogen and oxygen atoms in total. The smallest absolute Gasteiger partial charge is 0.137 e. The Morgan fingerprint density at radius 2 is 2.18 bits per heavy atom. The number of hydrogen-bond acceptors (Lipinski definition) is 3. The van der Waals surface area contributed by atoms with E-state index < -0.39 is 0 Å². The topological polar surface area (TPSA) is 49.6 Å². The van der Waals surface area contributed by atoms with Crippen molar-refractivity contribution in [1.82, 2.24) is 14.7 Å². The Balaban J connectivity index is 1.75. The summed E-state index contributed by atoms with van der Waals surface area (Å²) in [6, 6.07) is 6.00. The van der Waals surface area contributed by atoms with Crippen LogP contribution in [-0.2, 0) is 6.54 Å². The average molecular weight is 233 g/mol. The van der Waals surface area contributed by atoms with E-state index in [4.69, 9.17) is 5.11 Å². The fourth-order valence-electron chi connectivity index (χ4n) is 1.83. The highest BCUT2D eigenvalue weighted by atomic mass is 16.2. The van der Waals surface area contributed by atoms with E-state index in [1.165, 1.54) is 0 Å². The van der Waals surface area contributed by atoms with Crippen LogP contribution < -0.4 is 5.32 Å². The van der Waals surface area contributed by atoms with Crippen LogP contribution in [0, 0.1) is 0 Å². The van der Waals surface area contributed by atoms with Crippen LogP contribution >= 0.6 is 0 Å². The lowest BCUT2D eigenvalue weighted by molar-refractivity contribution is 0.283. The quantitative estimate of drug-likeness (QED) is 0.714. The minimum Gasteiger partial charge on any atom is -0.396 e. The molecule has 0 amide bonds. The second-order valence-corrected chi connectivity index (χ2v) is 4.16. The van der Waals surface area contributed by atoms with Crippen molar-refractivity contribution in [3.8, 4) is 0 Å². The maximum Gasteiger partial charge on any atom is 0.137 e. The number of imidazole rings is 1. The second kappa shape index (κ2) is 6.37. The van der Waals surface area contributed by atoms with Gasteiger partial charge in [-0.2, -0.15) is 0 Å². The standard InChI is InChI=1S/C13H19N3O/c17-9-5-1-3-7-14-10-12-11-16-8-4-2-6-13(16)15-12/h2,4,6,8,11,14,17H,1,3,5,7,9-10H2. The molecule has 0 fully saturated rings. The molecule has 0 aromatic carbocycles. The lowest BCUT2D eigenvalue weighted by atomic mass is 10.2. The molecule has 2 rings (SSSR count). The van der Waals surface area contributed by atoms with Gasteiger partial charge in [0.1, 0.15) is 5.65 Å². The largest absolute Gasteiger partial charge is 0.396 e. The van der Waals surface area contributed by atoms with E-state index in [0.29, 0.717) is 6.61 Å². The molecular weight excluding hydrogens is 214 g/mol. The fourth-order valence-corrected chi connectivity index (χ4v) is 1.83. The molecule has 0 saturated carbocycles. The first-order valence-corrected chi connectivity index (χ1v) is 6.14. The monoisotopic (exact) mass is 233 g/mol. The van der Waals surface area contributed by atoms with Gasteiger partial charge in [-0.3, -0.25) is 0 Å². The molecular formula is C13H19N3O. The number of pyridine rings is 1. The van der Waals surface area contributed by atoms with Crippen LogP contribution in [0.4, 0.5) is 0 Å². The highest BCUT2D eigenvalue weighted by molar-refractivity contribution is 5.39. The summed E-state index contributed by atoms with van der Waals surface area (Å²) in [5.74, 6) is 0. The van der Waals surface area contributed by atoms with Crippen LogP contribution in [0.2, 0.25) is 0 Å². The number of aromatic nitrogens is 2. The van der Waals surface area contributed by atoms with Gasteiger partial charge >= 0.3 is 0 Å². The number of aliphatic hydroxyl groups excluding tert-OH is 1. The number of nitrogens with one attached hydrogen (secondary N) is 1. The predicted molar refractivity (Wildman–Crippen MR) is 67.8 cm³/mol. The molecule has 0 aliphatic carbocycles. The molecule has 2 aromatic heterocycles. The van der Waals surface area contributed by atoms with Gasteiger partial charge in [-0.05, 0) is 37.9 Å². The third-order valence-corrected chi connectivity index (χ3v) is 2.73. The van der Waals surface area contributed by atoms with Gasteiger partial charge in [-0.1, -0.05) is 6.07 Å². The zero-order valence-electron chi connectivity index (χ0n) is 9.97. The summed E-state index contributed by atoms with van der Waals surface area (Å²) in [7, 11) is 0. The van der Waals surface area contributed by atoms with E-state index in [9.17, 15) is 0 Å². The van der Waals surface area contributed by atoms with Gasteiger partial charge in [-0.25, -0.2) is 4.98 Å². The van der Waals surface area contributed by atoms with Crippen LogP contribution in [0.3, 0.4) is 0 Å². The molecule has 4 heteroatoms. The van der Waals surface area contributed by atoms with Crippen molar-refractivity contribution in [2.75, 3.05) is 13.2 Å². The van der Waals surface area contributed by atoms with Gasteiger partial charge in [-0.15, -0.1) is 0 Å². The molecule has 2 N–H and O–H groups in total. The molecule has 0 unspecified atom stereocenters. The number of nitrogens with zero attached hydrogens (tertiary/aromatic N) is 2. The van der Waals surface area contributed by atoms with Crippen molar-refractivity contribution in [2.45, 2.75) is 25.8 Å². The lowest BCUT2D eigenvalue weighted by Gasteiger charge is -2.01. The molecule has 0 radical (unpaired) electrons. The van der Waals surface area contributed by atoms with Crippen LogP contribution in [0.5, 0.6) is 0 Å².